The van der Waals surface area contributed by atoms with Gasteiger partial charge in [0.15, 0.2) is 5.13 Å². The van der Waals surface area contributed by atoms with E-state index in [1.54, 1.807) is 36.4 Å². The van der Waals surface area contributed by atoms with Gasteiger partial charge in [-0.05, 0) is 48.5 Å². The molecule has 0 spiro atoms. The molecule has 128 valence electrons. The summed E-state index contributed by atoms with van der Waals surface area (Å²) < 4.78 is 12.9. The topological polar surface area (TPSA) is 54.0 Å². The standard InChI is InChI=1S/C18H15ClFN3OS/c19-14-5-1-13(2-6-14)17(24)21-9-10-22-18-23-16(11-25-18)12-3-7-15(20)8-4-12/h1-8,11H,9-10H2,(H,21,24)(H,22,23). The van der Waals surface area contributed by atoms with Gasteiger partial charge in [0.1, 0.15) is 5.82 Å². The van der Waals surface area contributed by atoms with Crippen LogP contribution in [0, 0.1) is 5.82 Å². The summed E-state index contributed by atoms with van der Waals surface area (Å²) in [5.41, 5.74) is 2.22. The zero-order chi connectivity index (χ0) is 17.6. The highest BCUT2D eigenvalue weighted by molar-refractivity contribution is 7.14. The summed E-state index contributed by atoms with van der Waals surface area (Å²) >= 11 is 7.26. The molecule has 3 aromatic rings. The van der Waals surface area contributed by atoms with Crippen LogP contribution in [-0.4, -0.2) is 24.0 Å². The van der Waals surface area contributed by atoms with Crippen LogP contribution in [0.2, 0.25) is 5.02 Å². The van der Waals surface area contributed by atoms with Crippen molar-refractivity contribution in [2.75, 3.05) is 18.4 Å². The van der Waals surface area contributed by atoms with E-state index >= 15 is 0 Å². The molecular weight excluding hydrogens is 361 g/mol. The van der Waals surface area contributed by atoms with E-state index in [1.165, 1.54) is 23.5 Å². The fraction of sp³-hybridized carbons (Fsp3) is 0.111. The average molecular weight is 376 g/mol. The van der Waals surface area contributed by atoms with Crippen LogP contribution in [0.3, 0.4) is 0 Å². The minimum Gasteiger partial charge on any atom is -0.360 e. The lowest BCUT2D eigenvalue weighted by Gasteiger charge is -2.06. The summed E-state index contributed by atoms with van der Waals surface area (Å²) in [6.07, 6.45) is 0. The highest BCUT2D eigenvalue weighted by atomic mass is 35.5. The summed E-state index contributed by atoms with van der Waals surface area (Å²) in [6.45, 7) is 1.02. The summed E-state index contributed by atoms with van der Waals surface area (Å²) in [5.74, 6) is -0.418. The number of benzene rings is 2. The lowest BCUT2D eigenvalue weighted by Crippen LogP contribution is -2.28. The number of amides is 1. The third-order valence-electron chi connectivity index (χ3n) is 3.44. The number of halogens is 2. The lowest BCUT2D eigenvalue weighted by atomic mass is 10.2. The molecule has 0 fully saturated rings. The van der Waals surface area contributed by atoms with Crippen molar-refractivity contribution in [1.29, 1.82) is 0 Å². The molecule has 0 bridgehead atoms. The van der Waals surface area contributed by atoms with Crippen molar-refractivity contribution in [1.82, 2.24) is 10.3 Å². The Balaban J connectivity index is 1.47. The maximum Gasteiger partial charge on any atom is 0.251 e. The largest absolute Gasteiger partial charge is 0.360 e. The van der Waals surface area contributed by atoms with Crippen molar-refractivity contribution < 1.29 is 9.18 Å². The molecule has 2 aromatic carbocycles. The van der Waals surface area contributed by atoms with E-state index in [0.717, 1.165) is 16.4 Å². The molecule has 0 aliphatic rings. The molecule has 0 aliphatic heterocycles. The monoisotopic (exact) mass is 375 g/mol. The van der Waals surface area contributed by atoms with Gasteiger partial charge in [0, 0.05) is 34.6 Å². The third kappa shape index (κ3) is 4.78. The number of carbonyl (C=O) groups is 1. The summed E-state index contributed by atoms with van der Waals surface area (Å²) in [7, 11) is 0. The highest BCUT2D eigenvalue weighted by Crippen LogP contribution is 2.24. The van der Waals surface area contributed by atoms with Crippen LogP contribution in [-0.2, 0) is 0 Å². The molecule has 1 aromatic heterocycles. The fourth-order valence-electron chi connectivity index (χ4n) is 2.16. The minimum absolute atomic E-state index is 0.149. The Morgan fingerprint density at radius 2 is 1.80 bits per heavy atom. The van der Waals surface area contributed by atoms with Gasteiger partial charge in [0.2, 0.25) is 0 Å². The SMILES string of the molecule is O=C(NCCNc1nc(-c2ccc(F)cc2)cs1)c1ccc(Cl)cc1. The number of hydrogen-bond acceptors (Lipinski definition) is 4. The van der Waals surface area contributed by atoms with Gasteiger partial charge in [-0.15, -0.1) is 11.3 Å². The summed E-state index contributed by atoms with van der Waals surface area (Å²) in [5, 5.41) is 9.23. The fourth-order valence-corrected chi connectivity index (χ4v) is 3.03. The summed E-state index contributed by atoms with van der Waals surface area (Å²) in [6, 6.07) is 12.9. The van der Waals surface area contributed by atoms with E-state index in [4.69, 9.17) is 11.6 Å². The first-order valence-electron chi connectivity index (χ1n) is 7.61. The van der Waals surface area contributed by atoms with Gasteiger partial charge < -0.3 is 10.6 Å². The maximum absolute atomic E-state index is 12.9. The zero-order valence-corrected chi connectivity index (χ0v) is 14.7. The Labute approximate surface area is 153 Å². The van der Waals surface area contributed by atoms with E-state index in [9.17, 15) is 9.18 Å². The van der Waals surface area contributed by atoms with Crippen molar-refractivity contribution >= 4 is 34.0 Å². The zero-order valence-electron chi connectivity index (χ0n) is 13.1. The molecule has 7 heteroatoms. The number of aromatic nitrogens is 1. The van der Waals surface area contributed by atoms with Crippen molar-refractivity contribution in [3.63, 3.8) is 0 Å². The van der Waals surface area contributed by atoms with E-state index in [-0.39, 0.29) is 11.7 Å². The second-order valence-corrected chi connectivity index (χ2v) is 6.53. The number of anilines is 1. The molecule has 0 unspecified atom stereocenters. The number of hydrogen-bond donors (Lipinski definition) is 2. The van der Waals surface area contributed by atoms with Crippen LogP contribution in [0.1, 0.15) is 10.4 Å². The molecule has 2 N–H and O–H groups in total. The predicted octanol–water partition coefficient (Wildman–Crippen LogP) is 4.44. The van der Waals surface area contributed by atoms with E-state index < -0.39 is 0 Å². The van der Waals surface area contributed by atoms with Gasteiger partial charge in [-0.25, -0.2) is 9.37 Å². The van der Waals surface area contributed by atoms with E-state index in [0.29, 0.717) is 23.7 Å². The molecular formula is C18H15ClFN3OS. The van der Waals surface area contributed by atoms with Gasteiger partial charge >= 0.3 is 0 Å². The Morgan fingerprint density at radius 1 is 1.08 bits per heavy atom. The molecule has 3 rings (SSSR count). The van der Waals surface area contributed by atoms with Crippen LogP contribution in [0.15, 0.2) is 53.9 Å². The lowest BCUT2D eigenvalue weighted by molar-refractivity contribution is 0.0955. The van der Waals surface area contributed by atoms with Crippen molar-refractivity contribution in [2.45, 2.75) is 0 Å². The van der Waals surface area contributed by atoms with Crippen LogP contribution in [0.4, 0.5) is 9.52 Å². The minimum atomic E-state index is -0.270. The molecule has 25 heavy (non-hydrogen) atoms. The molecule has 1 heterocycles. The normalized spacial score (nSPS) is 10.5. The van der Waals surface area contributed by atoms with Crippen LogP contribution >= 0.6 is 22.9 Å². The molecule has 0 saturated carbocycles. The van der Waals surface area contributed by atoms with Gasteiger partial charge in [-0.1, -0.05) is 11.6 Å². The molecule has 1 amide bonds. The first kappa shape index (κ1) is 17.4. The van der Waals surface area contributed by atoms with Gasteiger partial charge in [-0.2, -0.15) is 0 Å². The molecule has 4 nitrogen and oxygen atoms in total. The second-order valence-electron chi connectivity index (χ2n) is 5.23. The third-order valence-corrected chi connectivity index (χ3v) is 4.49. The molecule has 0 radical (unpaired) electrons. The Kier molecular flexibility index (Phi) is 5.63. The highest BCUT2D eigenvalue weighted by Gasteiger charge is 2.06. The van der Waals surface area contributed by atoms with Crippen molar-refractivity contribution in [3.05, 3.63) is 70.3 Å². The van der Waals surface area contributed by atoms with Crippen LogP contribution in [0.5, 0.6) is 0 Å². The number of thiazole rings is 1. The predicted molar refractivity (Wildman–Crippen MR) is 99.8 cm³/mol. The van der Waals surface area contributed by atoms with Crippen LogP contribution in [0.25, 0.3) is 11.3 Å². The quantitative estimate of drug-likeness (QED) is 0.626. The molecule has 0 aliphatic carbocycles. The number of nitrogens with one attached hydrogen (secondary N) is 2. The maximum atomic E-state index is 12.9. The number of carbonyl (C=O) groups excluding carboxylic acids is 1. The second kappa shape index (κ2) is 8.09. The first-order valence-corrected chi connectivity index (χ1v) is 8.87. The van der Waals surface area contributed by atoms with E-state index in [2.05, 4.69) is 15.6 Å². The number of rotatable bonds is 6. The average Bonchev–Trinajstić information content (AvgIpc) is 3.09. The first-order chi connectivity index (χ1) is 12.1. The van der Waals surface area contributed by atoms with Crippen molar-refractivity contribution in [2.24, 2.45) is 0 Å². The molecule has 0 atom stereocenters. The Morgan fingerprint density at radius 3 is 2.52 bits per heavy atom. The van der Waals surface area contributed by atoms with Crippen LogP contribution < -0.4 is 10.6 Å². The van der Waals surface area contributed by atoms with Crippen molar-refractivity contribution in [3.8, 4) is 11.3 Å². The molecule has 0 saturated heterocycles. The smallest absolute Gasteiger partial charge is 0.251 e. The Bertz CT molecular complexity index is 850. The van der Waals surface area contributed by atoms with Gasteiger partial charge in [0.05, 0.1) is 5.69 Å². The van der Waals surface area contributed by atoms with E-state index in [1.807, 2.05) is 5.38 Å². The Hall–Kier alpha value is -2.44. The van der Waals surface area contributed by atoms with Gasteiger partial charge in [0.25, 0.3) is 5.91 Å². The summed E-state index contributed by atoms with van der Waals surface area (Å²) in [4.78, 5) is 16.4. The van der Waals surface area contributed by atoms with Gasteiger partial charge in [-0.3, -0.25) is 4.79 Å². The number of nitrogens with zero attached hydrogens (tertiary/aromatic N) is 1.